The van der Waals surface area contributed by atoms with Crippen molar-refractivity contribution in [2.24, 2.45) is 0 Å². The molecule has 1 fully saturated rings. The van der Waals surface area contributed by atoms with Crippen molar-refractivity contribution in [3.05, 3.63) is 22.4 Å². The summed E-state index contributed by atoms with van der Waals surface area (Å²) < 4.78 is 5.32. The van der Waals surface area contributed by atoms with Crippen LogP contribution >= 0.6 is 11.3 Å². The Morgan fingerprint density at radius 3 is 2.89 bits per heavy atom. The Kier molecular flexibility index (Phi) is 6.26. The minimum absolute atomic E-state index is 0.280. The van der Waals surface area contributed by atoms with Gasteiger partial charge in [-0.1, -0.05) is 13.0 Å². The molecule has 1 aliphatic heterocycles. The van der Waals surface area contributed by atoms with Crippen LogP contribution in [0.2, 0.25) is 0 Å². The van der Waals surface area contributed by atoms with Gasteiger partial charge in [0.05, 0.1) is 19.3 Å². The zero-order chi connectivity index (χ0) is 13.5. The molecule has 108 valence electrons. The molecule has 0 amide bonds. The van der Waals surface area contributed by atoms with Crippen LogP contribution in [-0.4, -0.2) is 66.9 Å². The predicted molar refractivity (Wildman–Crippen MR) is 78.5 cm³/mol. The number of aliphatic hydroxyl groups is 1. The Labute approximate surface area is 119 Å². The van der Waals surface area contributed by atoms with Crippen LogP contribution in [0.4, 0.5) is 0 Å². The van der Waals surface area contributed by atoms with E-state index in [1.165, 1.54) is 4.88 Å². The fourth-order valence-electron chi connectivity index (χ4n) is 2.37. The molecule has 1 saturated heterocycles. The Bertz CT molecular complexity index is 339. The van der Waals surface area contributed by atoms with Gasteiger partial charge in [0.1, 0.15) is 0 Å². The van der Waals surface area contributed by atoms with E-state index in [-0.39, 0.29) is 6.10 Å². The number of aliphatic hydroxyl groups excluding tert-OH is 1. The predicted octanol–water partition coefficient (Wildman–Crippen LogP) is 1.26. The molecule has 1 aromatic rings. The maximum atomic E-state index is 10.2. The molecular formula is C14H24N2O2S. The normalized spacial score (nSPS) is 18.9. The van der Waals surface area contributed by atoms with Gasteiger partial charge < -0.3 is 9.84 Å². The smallest absolute Gasteiger partial charge is 0.0793 e. The second-order valence-corrected chi connectivity index (χ2v) is 6.01. The number of β-amino-alcohol motifs (C(OH)–C–C–N with tert-alkyl or cyclic N) is 1. The summed E-state index contributed by atoms with van der Waals surface area (Å²) in [5.74, 6) is 0. The molecule has 5 heteroatoms. The van der Waals surface area contributed by atoms with Crippen LogP contribution in [0.5, 0.6) is 0 Å². The first-order valence-corrected chi connectivity index (χ1v) is 7.88. The third-order valence-electron chi connectivity index (χ3n) is 3.45. The van der Waals surface area contributed by atoms with Gasteiger partial charge in [0.15, 0.2) is 0 Å². The van der Waals surface area contributed by atoms with Gasteiger partial charge in [-0.25, -0.2) is 0 Å². The SMILES string of the molecule is CCN(Cc1cccs1)CC(O)CN1CCOCC1. The third kappa shape index (κ3) is 5.20. The van der Waals surface area contributed by atoms with E-state index in [1.54, 1.807) is 11.3 Å². The Hall–Kier alpha value is -0.460. The van der Waals surface area contributed by atoms with Crippen LogP contribution < -0.4 is 0 Å². The molecule has 4 nitrogen and oxygen atoms in total. The van der Waals surface area contributed by atoms with E-state index in [9.17, 15) is 5.11 Å². The van der Waals surface area contributed by atoms with Gasteiger partial charge in [-0.3, -0.25) is 9.80 Å². The van der Waals surface area contributed by atoms with Crippen LogP contribution in [0, 0.1) is 0 Å². The van der Waals surface area contributed by atoms with Crippen LogP contribution in [0.15, 0.2) is 17.5 Å². The highest BCUT2D eigenvalue weighted by molar-refractivity contribution is 7.09. The van der Waals surface area contributed by atoms with Gasteiger partial charge in [0.25, 0.3) is 0 Å². The minimum Gasteiger partial charge on any atom is -0.390 e. The molecular weight excluding hydrogens is 260 g/mol. The molecule has 1 aromatic heterocycles. The molecule has 0 aliphatic carbocycles. The van der Waals surface area contributed by atoms with Crippen molar-refractivity contribution in [3.8, 4) is 0 Å². The summed E-state index contributed by atoms with van der Waals surface area (Å²) in [6.45, 7) is 9.01. The number of thiophene rings is 1. The summed E-state index contributed by atoms with van der Waals surface area (Å²) in [7, 11) is 0. The summed E-state index contributed by atoms with van der Waals surface area (Å²) in [6.07, 6.45) is -0.280. The van der Waals surface area contributed by atoms with Crippen LogP contribution in [0.25, 0.3) is 0 Å². The number of nitrogens with zero attached hydrogens (tertiary/aromatic N) is 2. The lowest BCUT2D eigenvalue weighted by Crippen LogP contribution is -2.44. The average molecular weight is 284 g/mol. The zero-order valence-electron chi connectivity index (χ0n) is 11.6. The topological polar surface area (TPSA) is 35.9 Å². The lowest BCUT2D eigenvalue weighted by Gasteiger charge is -2.30. The Morgan fingerprint density at radius 1 is 1.47 bits per heavy atom. The lowest BCUT2D eigenvalue weighted by molar-refractivity contribution is 0.00676. The molecule has 0 saturated carbocycles. The van der Waals surface area contributed by atoms with Crippen molar-refractivity contribution in [3.63, 3.8) is 0 Å². The van der Waals surface area contributed by atoms with E-state index in [0.29, 0.717) is 0 Å². The first-order valence-electron chi connectivity index (χ1n) is 7.01. The van der Waals surface area contributed by atoms with Crippen LogP contribution in [-0.2, 0) is 11.3 Å². The first-order chi connectivity index (χ1) is 9.28. The second kappa shape index (κ2) is 7.97. The van der Waals surface area contributed by atoms with Gasteiger partial charge >= 0.3 is 0 Å². The summed E-state index contributed by atoms with van der Waals surface area (Å²) in [4.78, 5) is 5.95. The molecule has 0 radical (unpaired) electrons. The highest BCUT2D eigenvalue weighted by Gasteiger charge is 2.17. The number of hydrogen-bond acceptors (Lipinski definition) is 5. The molecule has 2 rings (SSSR count). The molecule has 1 unspecified atom stereocenters. The zero-order valence-corrected chi connectivity index (χ0v) is 12.4. The summed E-state index contributed by atoms with van der Waals surface area (Å²) in [6, 6.07) is 4.24. The van der Waals surface area contributed by atoms with Crippen molar-refractivity contribution in [1.82, 2.24) is 9.80 Å². The number of morpholine rings is 1. The van der Waals surface area contributed by atoms with Gasteiger partial charge in [-0.05, 0) is 18.0 Å². The van der Waals surface area contributed by atoms with Crippen molar-refractivity contribution < 1.29 is 9.84 Å². The summed E-state index contributed by atoms with van der Waals surface area (Å²) >= 11 is 1.78. The molecule has 2 heterocycles. The van der Waals surface area contributed by atoms with Crippen LogP contribution in [0.1, 0.15) is 11.8 Å². The first kappa shape index (κ1) is 14.9. The average Bonchev–Trinajstić information content (AvgIpc) is 2.92. The number of ether oxygens (including phenoxy) is 1. The molecule has 1 aliphatic rings. The highest BCUT2D eigenvalue weighted by Crippen LogP contribution is 2.12. The maximum absolute atomic E-state index is 10.2. The molecule has 1 atom stereocenters. The summed E-state index contributed by atoms with van der Waals surface area (Å²) in [5.41, 5.74) is 0. The van der Waals surface area contributed by atoms with Gasteiger partial charge in [-0.2, -0.15) is 0 Å². The van der Waals surface area contributed by atoms with E-state index in [1.807, 2.05) is 0 Å². The fraction of sp³-hybridized carbons (Fsp3) is 0.714. The number of hydrogen-bond donors (Lipinski definition) is 1. The highest BCUT2D eigenvalue weighted by atomic mass is 32.1. The standard InChI is InChI=1S/C14H24N2O2S/c1-2-15(12-14-4-3-9-19-14)10-13(17)11-16-5-7-18-8-6-16/h3-4,9,13,17H,2,5-8,10-12H2,1H3. The maximum Gasteiger partial charge on any atom is 0.0793 e. The van der Waals surface area contributed by atoms with Gasteiger partial charge in [-0.15, -0.1) is 11.3 Å². The van der Waals surface area contributed by atoms with Crippen molar-refractivity contribution in [2.75, 3.05) is 45.9 Å². The monoisotopic (exact) mass is 284 g/mol. The van der Waals surface area contributed by atoms with E-state index >= 15 is 0 Å². The van der Waals surface area contributed by atoms with Crippen molar-refractivity contribution >= 4 is 11.3 Å². The quantitative estimate of drug-likeness (QED) is 0.818. The molecule has 0 bridgehead atoms. The lowest BCUT2D eigenvalue weighted by atomic mass is 10.2. The van der Waals surface area contributed by atoms with E-state index in [4.69, 9.17) is 4.74 Å². The third-order valence-corrected chi connectivity index (χ3v) is 4.31. The molecule has 0 spiro atoms. The minimum atomic E-state index is -0.280. The Morgan fingerprint density at radius 2 is 2.26 bits per heavy atom. The number of likely N-dealkylation sites (N-methyl/N-ethyl adjacent to an activating group) is 1. The van der Waals surface area contributed by atoms with Crippen molar-refractivity contribution in [1.29, 1.82) is 0 Å². The second-order valence-electron chi connectivity index (χ2n) is 4.97. The molecule has 19 heavy (non-hydrogen) atoms. The van der Waals surface area contributed by atoms with Crippen molar-refractivity contribution in [2.45, 2.75) is 19.6 Å². The number of rotatable bonds is 7. The molecule has 0 aromatic carbocycles. The van der Waals surface area contributed by atoms with E-state index in [2.05, 4.69) is 34.2 Å². The largest absolute Gasteiger partial charge is 0.390 e. The summed E-state index contributed by atoms with van der Waals surface area (Å²) in [5, 5.41) is 12.3. The fourth-order valence-corrected chi connectivity index (χ4v) is 3.11. The Balaban J connectivity index is 1.73. The molecule has 1 N–H and O–H groups in total. The van der Waals surface area contributed by atoms with Gasteiger partial charge in [0, 0.05) is 37.6 Å². The van der Waals surface area contributed by atoms with Crippen LogP contribution in [0.3, 0.4) is 0 Å². The van der Waals surface area contributed by atoms with E-state index in [0.717, 1.165) is 52.5 Å². The van der Waals surface area contributed by atoms with E-state index < -0.39 is 0 Å². The van der Waals surface area contributed by atoms with Gasteiger partial charge in [0.2, 0.25) is 0 Å².